The van der Waals surface area contributed by atoms with Gasteiger partial charge >= 0.3 is 5.97 Å². The van der Waals surface area contributed by atoms with E-state index in [2.05, 4.69) is 0 Å². The smallest absolute Gasteiger partial charge is 0.340 e. The minimum Gasteiger partial charge on any atom is -0.478 e. The van der Waals surface area contributed by atoms with Crippen LogP contribution < -0.4 is 0 Å². The second-order valence-corrected chi connectivity index (χ2v) is 6.11. The maximum Gasteiger partial charge on any atom is 0.340 e. The van der Waals surface area contributed by atoms with Gasteiger partial charge in [-0.3, -0.25) is 10.1 Å². The molecule has 6 nitrogen and oxygen atoms in total. The Hall–Kier alpha value is -4.00. The van der Waals surface area contributed by atoms with E-state index < -0.39 is 16.7 Å². The quantitative estimate of drug-likeness (QED) is 0.374. The van der Waals surface area contributed by atoms with E-state index in [9.17, 15) is 24.4 Å². The van der Waals surface area contributed by atoms with Gasteiger partial charge in [-0.1, -0.05) is 30.3 Å². The predicted octanol–water partition coefficient (Wildman–Crippen LogP) is 5.51. The molecule has 7 heteroatoms. The number of furan rings is 1. The summed E-state index contributed by atoms with van der Waals surface area (Å²) in [6.45, 7) is 0. The van der Waals surface area contributed by atoms with Gasteiger partial charge in [0.25, 0.3) is 5.69 Å². The van der Waals surface area contributed by atoms with Gasteiger partial charge in [-0.15, -0.1) is 0 Å². The average molecular weight is 377 g/mol. The van der Waals surface area contributed by atoms with Crippen molar-refractivity contribution in [2.75, 3.05) is 0 Å². The summed E-state index contributed by atoms with van der Waals surface area (Å²) >= 11 is 0. The highest BCUT2D eigenvalue weighted by atomic mass is 19.1. The van der Waals surface area contributed by atoms with Crippen LogP contribution in [-0.4, -0.2) is 16.0 Å². The van der Waals surface area contributed by atoms with Crippen LogP contribution in [0.3, 0.4) is 0 Å². The van der Waals surface area contributed by atoms with E-state index in [1.807, 2.05) is 0 Å². The fraction of sp³-hybridized carbons (Fsp3) is 0. The molecule has 0 unspecified atom stereocenters. The first-order valence-corrected chi connectivity index (χ1v) is 8.25. The second kappa shape index (κ2) is 6.62. The number of hydrogen-bond acceptors (Lipinski definition) is 4. The molecular formula is C21H12FNO5. The van der Waals surface area contributed by atoms with Crippen molar-refractivity contribution < 1.29 is 23.6 Å². The Bertz CT molecular complexity index is 1210. The lowest BCUT2D eigenvalue weighted by molar-refractivity contribution is -0.384. The van der Waals surface area contributed by atoms with Crippen LogP contribution in [0, 0.1) is 15.9 Å². The van der Waals surface area contributed by atoms with Crippen molar-refractivity contribution in [3.8, 4) is 22.5 Å². The summed E-state index contributed by atoms with van der Waals surface area (Å²) < 4.78 is 18.9. The van der Waals surface area contributed by atoms with Gasteiger partial charge in [0.15, 0.2) is 0 Å². The Morgan fingerprint density at radius 1 is 1.00 bits per heavy atom. The first kappa shape index (κ1) is 17.4. The van der Waals surface area contributed by atoms with Crippen molar-refractivity contribution in [1.29, 1.82) is 0 Å². The fourth-order valence-corrected chi connectivity index (χ4v) is 3.15. The van der Waals surface area contributed by atoms with E-state index in [1.165, 1.54) is 36.4 Å². The van der Waals surface area contributed by atoms with Crippen molar-refractivity contribution >= 4 is 22.6 Å². The normalized spacial score (nSPS) is 10.9. The van der Waals surface area contributed by atoms with Gasteiger partial charge in [0.05, 0.1) is 16.6 Å². The number of aromatic carboxylic acids is 1. The third kappa shape index (κ3) is 2.88. The third-order valence-corrected chi connectivity index (χ3v) is 4.41. The molecular weight excluding hydrogens is 365 g/mol. The molecule has 4 aromatic rings. The molecule has 3 aromatic carbocycles. The number of hydrogen-bond donors (Lipinski definition) is 1. The van der Waals surface area contributed by atoms with Gasteiger partial charge in [-0.05, 0) is 35.9 Å². The van der Waals surface area contributed by atoms with Crippen molar-refractivity contribution in [1.82, 2.24) is 0 Å². The number of carbonyl (C=O) groups is 1. The van der Waals surface area contributed by atoms with Crippen molar-refractivity contribution in [2.24, 2.45) is 0 Å². The van der Waals surface area contributed by atoms with E-state index in [4.69, 9.17) is 4.42 Å². The second-order valence-electron chi connectivity index (χ2n) is 6.11. The molecule has 0 radical (unpaired) electrons. The Morgan fingerprint density at radius 2 is 1.68 bits per heavy atom. The maximum atomic E-state index is 13.2. The third-order valence-electron chi connectivity index (χ3n) is 4.41. The molecule has 0 atom stereocenters. The minimum absolute atomic E-state index is 0.0157. The highest BCUT2D eigenvalue weighted by Crippen LogP contribution is 2.40. The molecule has 1 aromatic heterocycles. The van der Waals surface area contributed by atoms with Crippen molar-refractivity contribution in [3.63, 3.8) is 0 Å². The first-order chi connectivity index (χ1) is 13.5. The molecule has 0 saturated carbocycles. The van der Waals surface area contributed by atoms with Gasteiger partial charge in [0, 0.05) is 10.9 Å². The van der Waals surface area contributed by atoms with Crippen LogP contribution in [0.5, 0.6) is 0 Å². The van der Waals surface area contributed by atoms with E-state index in [0.717, 1.165) is 0 Å². The number of fused-ring (bicyclic) bond motifs is 1. The Balaban J connectivity index is 2.05. The molecule has 28 heavy (non-hydrogen) atoms. The summed E-state index contributed by atoms with van der Waals surface area (Å²) in [6.07, 6.45) is 0. The average Bonchev–Trinajstić information content (AvgIpc) is 3.07. The van der Waals surface area contributed by atoms with Gasteiger partial charge in [-0.2, -0.15) is 0 Å². The predicted molar refractivity (Wildman–Crippen MR) is 101 cm³/mol. The van der Waals surface area contributed by atoms with E-state index >= 15 is 0 Å². The highest BCUT2D eigenvalue weighted by molar-refractivity contribution is 6.09. The van der Waals surface area contributed by atoms with Crippen LogP contribution in [0.2, 0.25) is 0 Å². The molecule has 0 saturated heterocycles. The van der Waals surface area contributed by atoms with E-state index in [0.29, 0.717) is 11.1 Å². The molecule has 0 aliphatic heterocycles. The fourth-order valence-electron chi connectivity index (χ4n) is 3.15. The van der Waals surface area contributed by atoms with E-state index in [1.54, 1.807) is 30.3 Å². The summed E-state index contributed by atoms with van der Waals surface area (Å²) in [4.78, 5) is 23.0. The van der Waals surface area contributed by atoms with Crippen LogP contribution >= 0.6 is 0 Å². The monoisotopic (exact) mass is 377 g/mol. The molecule has 0 aliphatic carbocycles. The van der Waals surface area contributed by atoms with Crippen LogP contribution in [-0.2, 0) is 0 Å². The van der Waals surface area contributed by atoms with Crippen molar-refractivity contribution in [2.45, 2.75) is 0 Å². The number of benzene rings is 3. The molecule has 4 rings (SSSR count). The van der Waals surface area contributed by atoms with Gasteiger partial charge in [0.1, 0.15) is 22.7 Å². The van der Waals surface area contributed by atoms with Crippen LogP contribution in [0.15, 0.2) is 71.1 Å². The Kier molecular flexibility index (Phi) is 4.12. The SMILES string of the molecule is O=C(O)c1c(-c2ccc(F)cc2)oc2cc([N+](=O)[O-])c(-c3ccccc3)cc12. The van der Waals surface area contributed by atoms with Crippen LogP contribution in [0.1, 0.15) is 10.4 Å². The Labute approximate surface area is 157 Å². The molecule has 0 spiro atoms. The largest absolute Gasteiger partial charge is 0.478 e. The molecule has 1 heterocycles. The van der Waals surface area contributed by atoms with Crippen molar-refractivity contribution in [3.05, 3.63) is 88.2 Å². The zero-order valence-electron chi connectivity index (χ0n) is 14.3. The summed E-state index contributed by atoms with van der Waals surface area (Å²) in [7, 11) is 0. The lowest BCUT2D eigenvalue weighted by atomic mass is 9.99. The topological polar surface area (TPSA) is 93.6 Å². The Morgan fingerprint density at radius 3 is 2.29 bits per heavy atom. The number of nitrogens with zero attached hydrogens (tertiary/aromatic N) is 1. The zero-order chi connectivity index (χ0) is 19.8. The molecule has 0 amide bonds. The summed E-state index contributed by atoms with van der Waals surface area (Å²) in [6, 6.07) is 16.5. The molecule has 138 valence electrons. The number of halogens is 1. The number of nitro groups is 1. The van der Waals surface area contributed by atoms with Gasteiger partial charge < -0.3 is 9.52 Å². The molecule has 0 aliphatic rings. The van der Waals surface area contributed by atoms with Crippen LogP contribution in [0.25, 0.3) is 33.4 Å². The zero-order valence-corrected chi connectivity index (χ0v) is 14.3. The summed E-state index contributed by atoms with van der Waals surface area (Å²) in [5.74, 6) is -1.70. The molecule has 0 fully saturated rings. The minimum atomic E-state index is -1.24. The number of nitro benzene ring substituents is 1. The van der Waals surface area contributed by atoms with E-state index in [-0.39, 0.29) is 33.5 Å². The molecule has 1 N–H and O–H groups in total. The number of carboxylic acid groups (broad SMARTS) is 1. The first-order valence-electron chi connectivity index (χ1n) is 8.25. The van der Waals surface area contributed by atoms with Gasteiger partial charge in [-0.25, -0.2) is 9.18 Å². The van der Waals surface area contributed by atoms with Gasteiger partial charge in [0.2, 0.25) is 0 Å². The standard InChI is InChI=1S/C21H12FNO5/c22-14-8-6-13(7-9-14)20-19(21(24)25)16-10-15(12-4-2-1-3-5-12)17(23(26)27)11-18(16)28-20/h1-11H,(H,24,25). The highest BCUT2D eigenvalue weighted by Gasteiger charge is 2.26. The van der Waals surface area contributed by atoms with Crippen LogP contribution in [0.4, 0.5) is 10.1 Å². The maximum absolute atomic E-state index is 13.2. The lowest BCUT2D eigenvalue weighted by Crippen LogP contribution is -1.98. The number of rotatable bonds is 4. The summed E-state index contributed by atoms with van der Waals surface area (Å²) in [5, 5.41) is 21.6. The summed E-state index contributed by atoms with van der Waals surface area (Å²) in [5.41, 5.74) is 0.967. The number of carboxylic acids is 1. The molecule has 0 bridgehead atoms. The lowest BCUT2D eigenvalue weighted by Gasteiger charge is -2.04.